The van der Waals surface area contributed by atoms with E-state index in [9.17, 15) is 4.79 Å². The number of primary amides is 1. The quantitative estimate of drug-likeness (QED) is 0.364. The maximum absolute atomic E-state index is 12.3. The van der Waals surface area contributed by atoms with Crippen LogP contribution in [-0.2, 0) is 6.54 Å². The van der Waals surface area contributed by atoms with Crippen LogP contribution < -0.4 is 5.73 Å². The average Bonchev–Trinajstić information content (AvgIpc) is 3.46. The first-order valence-corrected chi connectivity index (χ1v) is 10.6. The second kappa shape index (κ2) is 7.13. The minimum absolute atomic E-state index is 0.421. The molecule has 0 saturated carbocycles. The standard InChI is InChI=1S/C28H20N2O2/c29-28(31)23-10-4-11-24-27(23)22-14-13-19(26-12-5-15-32-26)16-25(22)30(24)17-20-8-3-7-18-6-1-2-9-21(18)20/h1-16H,17H2,(H2,29,31). The summed E-state index contributed by atoms with van der Waals surface area (Å²) in [6, 6.07) is 30.6. The Labute approximate surface area is 184 Å². The Bertz CT molecular complexity index is 1620. The minimum atomic E-state index is -0.421. The van der Waals surface area contributed by atoms with Crippen molar-refractivity contribution in [1.82, 2.24) is 4.57 Å². The van der Waals surface area contributed by atoms with Crippen LogP contribution in [0.1, 0.15) is 15.9 Å². The van der Waals surface area contributed by atoms with Gasteiger partial charge in [-0.15, -0.1) is 0 Å². The first-order chi connectivity index (χ1) is 15.7. The smallest absolute Gasteiger partial charge is 0.249 e. The van der Waals surface area contributed by atoms with Gasteiger partial charge in [0.2, 0.25) is 5.91 Å². The van der Waals surface area contributed by atoms with Gasteiger partial charge in [0.1, 0.15) is 5.76 Å². The fraction of sp³-hybridized carbons (Fsp3) is 0.0357. The van der Waals surface area contributed by atoms with Gasteiger partial charge in [-0.1, -0.05) is 60.7 Å². The van der Waals surface area contributed by atoms with Crippen molar-refractivity contribution in [1.29, 1.82) is 0 Å². The zero-order chi connectivity index (χ0) is 21.7. The normalized spacial score (nSPS) is 11.5. The number of carbonyl (C=O) groups excluding carboxylic acids is 1. The van der Waals surface area contributed by atoms with E-state index in [4.69, 9.17) is 10.2 Å². The molecule has 0 radical (unpaired) electrons. The van der Waals surface area contributed by atoms with Gasteiger partial charge < -0.3 is 14.7 Å². The van der Waals surface area contributed by atoms with Crippen LogP contribution in [0.25, 0.3) is 43.9 Å². The molecule has 0 unspecified atom stereocenters. The molecule has 2 N–H and O–H groups in total. The van der Waals surface area contributed by atoms with Crippen LogP contribution in [0, 0.1) is 0 Å². The van der Waals surface area contributed by atoms with E-state index in [1.165, 1.54) is 16.3 Å². The van der Waals surface area contributed by atoms with Crippen molar-refractivity contribution < 1.29 is 9.21 Å². The molecule has 0 bridgehead atoms. The fourth-order valence-corrected chi connectivity index (χ4v) is 4.72. The van der Waals surface area contributed by atoms with E-state index in [1.807, 2.05) is 24.3 Å². The summed E-state index contributed by atoms with van der Waals surface area (Å²) in [5.41, 5.74) is 10.5. The Morgan fingerprint density at radius 1 is 0.812 bits per heavy atom. The van der Waals surface area contributed by atoms with Crippen molar-refractivity contribution in [2.24, 2.45) is 5.73 Å². The second-order valence-electron chi connectivity index (χ2n) is 8.00. The van der Waals surface area contributed by atoms with Crippen LogP contribution >= 0.6 is 0 Å². The summed E-state index contributed by atoms with van der Waals surface area (Å²) >= 11 is 0. The summed E-state index contributed by atoms with van der Waals surface area (Å²) in [5, 5.41) is 4.32. The number of carbonyl (C=O) groups is 1. The molecule has 154 valence electrons. The number of amides is 1. The first kappa shape index (κ1) is 18.5. The Morgan fingerprint density at radius 2 is 1.66 bits per heavy atom. The van der Waals surface area contributed by atoms with E-state index >= 15 is 0 Å². The lowest BCUT2D eigenvalue weighted by Gasteiger charge is -2.11. The van der Waals surface area contributed by atoms with Crippen LogP contribution in [0.5, 0.6) is 0 Å². The topological polar surface area (TPSA) is 61.2 Å². The first-order valence-electron chi connectivity index (χ1n) is 10.6. The van der Waals surface area contributed by atoms with Crippen LogP contribution in [0.3, 0.4) is 0 Å². The maximum atomic E-state index is 12.3. The van der Waals surface area contributed by atoms with Crippen molar-refractivity contribution in [2.45, 2.75) is 6.54 Å². The molecule has 0 spiro atoms. The Balaban J connectivity index is 1.66. The Morgan fingerprint density at radius 3 is 2.50 bits per heavy atom. The molecule has 6 aromatic rings. The summed E-state index contributed by atoms with van der Waals surface area (Å²) < 4.78 is 7.91. The van der Waals surface area contributed by atoms with E-state index < -0.39 is 5.91 Å². The van der Waals surface area contributed by atoms with E-state index in [0.717, 1.165) is 33.1 Å². The molecule has 0 aliphatic rings. The Hall–Kier alpha value is -4.31. The van der Waals surface area contributed by atoms with Crippen LogP contribution in [0.4, 0.5) is 0 Å². The van der Waals surface area contributed by atoms with Crippen LogP contribution in [0.2, 0.25) is 0 Å². The number of nitrogens with zero attached hydrogens (tertiary/aromatic N) is 1. The Kier molecular flexibility index (Phi) is 4.12. The van der Waals surface area contributed by atoms with Crippen molar-refractivity contribution >= 4 is 38.5 Å². The third-order valence-electron chi connectivity index (χ3n) is 6.17. The highest BCUT2D eigenvalue weighted by Gasteiger charge is 2.18. The lowest BCUT2D eigenvalue weighted by atomic mass is 10.0. The van der Waals surface area contributed by atoms with Gasteiger partial charge in [-0.3, -0.25) is 4.79 Å². The number of benzene rings is 4. The largest absolute Gasteiger partial charge is 0.464 e. The van der Waals surface area contributed by atoms with Gasteiger partial charge in [-0.25, -0.2) is 0 Å². The molecule has 4 heteroatoms. The summed E-state index contributed by atoms with van der Waals surface area (Å²) in [6.45, 7) is 0.672. The van der Waals surface area contributed by atoms with Crippen LogP contribution in [-0.4, -0.2) is 10.5 Å². The van der Waals surface area contributed by atoms with E-state index in [0.29, 0.717) is 12.1 Å². The number of nitrogens with two attached hydrogens (primary N) is 1. The molecular weight excluding hydrogens is 396 g/mol. The number of aromatic nitrogens is 1. The molecule has 6 rings (SSSR count). The number of hydrogen-bond acceptors (Lipinski definition) is 2. The van der Waals surface area contributed by atoms with Gasteiger partial charge >= 0.3 is 0 Å². The molecule has 0 atom stereocenters. The molecule has 2 aromatic heterocycles. The summed E-state index contributed by atoms with van der Waals surface area (Å²) in [4.78, 5) is 12.3. The fourth-order valence-electron chi connectivity index (χ4n) is 4.72. The van der Waals surface area contributed by atoms with E-state index in [1.54, 1.807) is 12.3 Å². The highest BCUT2D eigenvalue weighted by atomic mass is 16.3. The summed E-state index contributed by atoms with van der Waals surface area (Å²) in [5.74, 6) is 0.388. The van der Waals surface area contributed by atoms with Crippen molar-refractivity contribution in [2.75, 3.05) is 0 Å². The molecule has 4 nitrogen and oxygen atoms in total. The molecule has 4 aromatic carbocycles. The molecule has 32 heavy (non-hydrogen) atoms. The predicted octanol–water partition coefficient (Wildman–Crippen LogP) is 6.35. The summed E-state index contributed by atoms with van der Waals surface area (Å²) in [6.07, 6.45) is 1.68. The minimum Gasteiger partial charge on any atom is -0.464 e. The highest BCUT2D eigenvalue weighted by molar-refractivity contribution is 6.18. The zero-order valence-electron chi connectivity index (χ0n) is 17.3. The van der Waals surface area contributed by atoms with Gasteiger partial charge in [0.15, 0.2) is 0 Å². The van der Waals surface area contributed by atoms with Crippen molar-refractivity contribution in [3.05, 3.63) is 108 Å². The molecule has 2 heterocycles. The van der Waals surface area contributed by atoms with Gasteiger partial charge in [0.25, 0.3) is 0 Å². The van der Waals surface area contributed by atoms with Gasteiger partial charge in [-0.2, -0.15) is 0 Å². The average molecular weight is 416 g/mol. The van der Waals surface area contributed by atoms with Gasteiger partial charge in [0.05, 0.1) is 17.3 Å². The van der Waals surface area contributed by atoms with E-state index in [2.05, 4.69) is 65.2 Å². The third kappa shape index (κ3) is 2.81. The van der Waals surface area contributed by atoms with Crippen LogP contribution in [0.15, 0.2) is 102 Å². The number of rotatable bonds is 4. The molecule has 1 amide bonds. The maximum Gasteiger partial charge on any atom is 0.249 e. The molecular formula is C28H20N2O2. The van der Waals surface area contributed by atoms with Gasteiger partial charge in [-0.05, 0) is 46.7 Å². The van der Waals surface area contributed by atoms with Gasteiger partial charge in [0, 0.05) is 28.4 Å². The lowest BCUT2D eigenvalue weighted by Crippen LogP contribution is -2.11. The third-order valence-corrected chi connectivity index (χ3v) is 6.17. The molecule has 0 aliphatic carbocycles. The zero-order valence-corrected chi connectivity index (χ0v) is 17.3. The summed E-state index contributed by atoms with van der Waals surface area (Å²) in [7, 11) is 0. The lowest BCUT2D eigenvalue weighted by molar-refractivity contribution is 0.100. The monoisotopic (exact) mass is 416 g/mol. The van der Waals surface area contributed by atoms with Crippen molar-refractivity contribution in [3.8, 4) is 11.3 Å². The van der Waals surface area contributed by atoms with E-state index in [-0.39, 0.29) is 0 Å². The highest BCUT2D eigenvalue weighted by Crippen LogP contribution is 2.35. The molecule has 0 saturated heterocycles. The SMILES string of the molecule is NC(=O)c1cccc2c1c1ccc(-c3ccco3)cc1n2Cc1cccc2ccccc12. The van der Waals surface area contributed by atoms with Crippen molar-refractivity contribution in [3.63, 3.8) is 0 Å². The predicted molar refractivity (Wildman–Crippen MR) is 129 cm³/mol. The molecule has 0 fully saturated rings. The number of hydrogen-bond donors (Lipinski definition) is 1. The number of furan rings is 1. The number of fused-ring (bicyclic) bond motifs is 4. The second-order valence-corrected chi connectivity index (χ2v) is 8.00. The molecule has 0 aliphatic heterocycles.